The molecule has 2 aromatic heterocycles. The van der Waals surface area contributed by atoms with E-state index in [1.807, 2.05) is 37.3 Å². The van der Waals surface area contributed by atoms with Crippen LogP contribution in [0.15, 0.2) is 78.9 Å². The maximum Gasteiger partial charge on any atom is 0.0712 e. The molecule has 27 heavy (non-hydrogen) atoms. The minimum atomic E-state index is 1.07. The molecule has 0 aliphatic carbocycles. The van der Waals surface area contributed by atoms with Crippen molar-refractivity contribution in [3.05, 3.63) is 95.7 Å². The Morgan fingerprint density at radius 1 is 0.556 bits per heavy atom. The molecule has 0 saturated carbocycles. The SMILES string of the molecule is Cc1ccc2ccccc2n1.Cc1ccc2nc3ccccc3cc2c1C. The van der Waals surface area contributed by atoms with E-state index in [-0.39, 0.29) is 0 Å². The van der Waals surface area contributed by atoms with E-state index in [4.69, 9.17) is 0 Å². The molecule has 0 N–H and O–H groups in total. The molecule has 0 aliphatic heterocycles. The Morgan fingerprint density at radius 3 is 2.00 bits per heavy atom. The number of fused-ring (bicyclic) bond motifs is 3. The van der Waals surface area contributed by atoms with E-state index in [9.17, 15) is 0 Å². The van der Waals surface area contributed by atoms with Crippen LogP contribution in [0.4, 0.5) is 0 Å². The number of aromatic nitrogens is 2. The summed E-state index contributed by atoms with van der Waals surface area (Å²) >= 11 is 0. The molecule has 2 nitrogen and oxygen atoms in total. The van der Waals surface area contributed by atoms with Crippen LogP contribution in [0.3, 0.4) is 0 Å². The van der Waals surface area contributed by atoms with Gasteiger partial charge in [-0.15, -0.1) is 0 Å². The van der Waals surface area contributed by atoms with Gasteiger partial charge in [-0.2, -0.15) is 0 Å². The lowest BCUT2D eigenvalue weighted by Crippen LogP contribution is -1.87. The highest BCUT2D eigenvalue weighted by atomic mass is 14.7. The zero-order valence-electron chi connectivity index (χ0n) is 15.9. The van der Waals surface area contributed by atoms with Crippen LogP contribution in [0.5, 0.6) is 0 Å². The van der Waals surface area contributed by atoms with Crippen LogP contribution in [0, 0.1) is 20.8 Å². The number of para-hydroxylation sites is 2. The van der Waals surface area contributed by atoms with E-state index < -0.39 is 0 Å². The van der Waals surface area contributed by atoms with Gasteiger partial charge >= 0.3 is 0 Å². The maximum absolute atomic E-state index is 4.68. The summed E-state index contributed by atoms with van der Waals surface area (Å²) in [5.74, 6) is 0. The first-order valence-electron chi connectivity index (χ1n) is 9.20. The monoisotopic (exact) mass is 350 g/mol. The van der Waals surface area contributed by atoms with Gasteiger partial charge in [0.05, 0.1) is 16.6 Å². The molecule has 0 radical (unpaired) electrons. The maximum atomic E-state index is 4.68. The summed E-state index contributed by atoms with van der Waals surface area (Å²) in [5.41, 5.74) is 6.96. The van der Waals surface area contributed by atoms with Crippen LogP contribution in [0.1, 0.15) is 16.8 Å². The second-order valence-electron chi connectivity index (χ2n) is 6.90. The average Bonchev–Trinajstić information content (AvgIpc) is 2.70. The van der Waals surface area contributed by atoms with Crippen molar-refractivity contribution < 1.29 is 0 Å². The Labute approximate surface area is 159 Å². The van der Waals surface area contributed by atoms with Gasteiger partial charge in [-0.05, 0) is 62.2 Å². The molecule has 0 atom stereocenters. The van der Waals surface area contributed by atoms with Crippen molar-refractivity contribution in [1.82, 2.24) is 9.97 Å². The van der Waals surface area contributed by atoms with E-state index in [0.717, 1.165) is 22.2 Å². The molecule has 5 rings (SSSR count). The Kier molecular flexibility index (Phi) is 4.55. The van der Waals surface area contributed by atoms with Gasteiger partial charge in [-0.1, -0.05) is 48.5 Å². The summed E-state index contributed by atoms with van der Waals surface area (Å²) in [7, 11) is 0. The predicted molar refractivity (Wildman–Crippen MR) is 115 cm³/mol. The van der Waals surface area contributed by atoms with Crippen LogP contribution < -0.4 is 0 Å². The fourth-order valence-corrected chi connectivity index (χ4v) is 3.27. The van der Waals surface area contributed by atoms with Crippen LogP contribution in [0.2, 0.25) is 0 Å². The molecule has 5 aromatic rings. The highest BCUT2D eigenvalue weighted by molar-refractivity contribution is 5.94. The van der Waals surface area contributed by atoms with Crippen LogP contribution in [-0.4, -0.2) is 9.97 Å². The minimum absolute atomic E-state index is 1.07. The summed E-state index contributed by atoms with van der Waals surface area (Å²) < 4.78 is 0. The van der Waals surface area contributed by atoms with Crippen molar-refractivity contribution in [2.24, 2.45) is 0 Å². The molecule has 0 aliphatic rings. The fraction of sp³-hybridized carbons (Fsp3) is 0.120. The second kappa shape index (κ2) is 7.16. The molecule has 0 bridgehead atoms. The second-order valence-corrected chi connectivity index (χ2v) is 6.90. The van der Waals surface area contributed by atoms with Gasteiger partial charge in [0.25, 0.3) is 0 Å². The van der Waals surface area contributed by atoms with Gasteiger partial charge in [0.15, 0.2) is 0 Å². The Bertz CT molecular complexity index is 1260. The molecular formula is C25H22N2. The Morgan fingerprint density at radius 2 is 1.22 bits per heavy atom. The highest BCUT2D eigenvalue weighted by Crippen LogP contribution is 2.24. The highest BCUT2D eigenvalue weighted by Gasteiger charge is 2.03. The summed E-state index contributed by atoms with van der Waals surface area (Å²) in [6.45, 7) is 6.31. The molecule has 132 valence electrons. The predicted octanol–water partition coefficient (Wildman–Crippen LogP) is 6.55. The lowest BCUT2D eigenvalue weighted by Gasteiger charge is -2.06. The minimum Gasteiger partial charge on any atom is -0.253 e. The van der Waals surface area contributed by atoms with E-state index in [0.29, 0.717) is 0 Å². The number of pyridine rings is 2. The molecule has 0 saturated heterocycles. The van der Waals surface area contributed by atoms with Crippen molar-refractivity contribution in [3.8, 4) is 0 Å². The molecule has 0 fully saturated rings. The largest absolute Gasteiger partial charge is 0.253 e. The van der Waals surface area contributed by atoms with E-state index >= 15 is 0 Å². The van der Waals surface area contributed by atoms with Crippen molar-refractivity contribution >= 4 is 32.7 Å². The number of benzene rings is 3. The van der Waals surface area contributed by atoms with E-state index in [2.05, 4.69) is 72.3 Å². The van der Waals surface area contributed by atoms with Crippen molar-refractivity contribution in [2.75, 3.05) is 0 Å². The zero-order valence-corrected chi connectivity index (χ0v) is 15.9. The molecule has 0 amide bonds. The van der Waals surface area contributed by atoms with Gasteiger partial charge < -0.3 is 0 Å². The third-order valence-electron chi connectivity index (χ3n) is 4.98. The summed E-state index contributed by atoms with van der Waals surface area (Å²) in [4.78, 5) is 9.06. The summed E-state index contributed by atoms with van der Waals surface area (Å²) in [6.07, 6.45) is 0. The normalized spacial score (nSPS) is 10.8. The van der Waals surface area contributed by atoms with E-state index in [1.165, 1.54) is 27.3 Å². The van der Waals surface area contributed by atoms with Crippen molar-refractivity contribution in [2.45, 2.75) is 20.8 Å². The summed E-state index contributed by atoms with van der Waals surface area (Å²) in [5, 5.41) is 3.68. The van der Waals surface area contributed by atoms with Crippen LogP contribution in [0.25, 0.3) is 32.7 Å². The van der Waals surface area contributed by atoms with Gasteiger partial charge in [0.2, 0.25) is 0 Å². The number of rotatable bonds is 0. The smallest absolute Gasteiger partial charge is 0.0712 e. The molecule has 0 spiro atoms. The summed E-state index contributed by atoms with van der Waals surface area (Å²) in [6, 6.07) is 27.0. The number of hydrogen-bond donors (Lipinski definition) is 0. The van der Waals surface area contributed by atoms with Gasteiger partial charge in [0, 0.05) is 21.9 Å². The number of nitrogens with zero attached hydrogens (tertiary/aromatic N) is 2. The van der Waals surface area contributed by atoms with Crippen molar-refractivity contribution in [1.29, 1.82) is 0 Å². The lowest BCUT2D eigenvalue weighted by atomic mass is 10.0. The average molecular weight is 350 g/mol. The van der Waals surface area contributed by atoms with E-state index in [1.54, 1.807) is 0 Å². The lowest BCUT2D eigenvalue weighted by molar-refractivity contribution is 1.26. The topological polar surface area (TPSA) is 25.8 Å². The van der Waals surface area contributed by atoms with Crippen LogP contribution >= 0.6 is 0 Å². The standard InChI is InChI=1S/C15H13N.C10H9N/c1-10-7-8-15-13(11(10)2)9-12-5-3-4-6-14(12)16-15;1-8-6-7-9-4-2-3-5-10(9)11-8/h3-9H,1-2H3;2-7H,1H3. The Balaban J connectivity index is 0.000000143. The Hall–Kier alpha value is -3.26. The fourth-order valence-electron chi connectivity index (χ4n) is 3.27. The molecule has 2 heterocycles. The molecular weight excluding hydrogens is 328 g/mol. The third-order valence-corrected chi connectivity index (χ3v) is 4.98. The third kappa shape index (κ3) is 3.52. The molecule has 3 aromatic carbocycles. The van der Waals surface area contributed by atoms with Crippen molar-refractivity contribution in [3.63, 3.8) is 0 Å². The molecule has 2 heteroatoms. The number of aryl methyl sites for hydroxylation is 3. The number of hydrogen-bond acceptors (Lipinski definition) is 2. The van der Waals surface area contributed by atoms with Gasteiger partial charge in [-0.25, -0.2) is 4.98 Å². The quantitative estimate of drug-likeness (QED) is 0.296. The van der Waals surface area contributed by atoms with Crippen LogP contribution in [-0.2, 0) is 0 Å². The first kappa shape index (κ1) is 17.2. The first-order valence-corrected chi connectivity index (χ1v) is 9.20. The zero-order chi connectivity index (χ0) is 18.8. The molecule has 0 unspecified atom stereocenters. The first-order chi connectivity index (χ1) is 13.1. The van der Waals surface area contributed by atoms with Gasteiger partial charge in [-0.3, -0.25) is 4.98 Å². The van der Waals surface area contributed by atoms with Gasteiger partial charge in [0.1, 0.15) is 0 Å².